The van der Waals surface area contributed by atoms with E-state index >= 15 is 0 Å². The van der Waals surface area contributed by atoms with Crippen molar-refractivity contribution in [1.29, 1.82) is 0 Å². The zero-order chi connectivity index (χ0) is 14.7. The Morgan fingerprint density at radius 1 is 1.45 bits per heavy atom. The van der Waals surface area contributed by atoms with Gasteiger partial charge in [-0.15, -0.1) is 0 Å². The Hall–Kier alpha value is -2.01. The van der Waals surface area contributed by atoms with Crippen molar-refractivity contribution in [2.24, 2.45) is 0 Å². The Balaban J connectivity index is 1.99. The van der Waals surface area contributed by atoms with Crippen LogP contribution in [0.25, 0.3) is 0 Å². The zero-order valence-corrected chi connectivity index (χ0v) is 12.1. The standard InChI is InChI=1S/C14H16ClN3O2/c1-9(2)18-6-5-11(17-18)8-20-14(19)10-3-4-13(16)12(15)7-10/h3-7,9H,8,16H2,1-2H3. The molecule has 0 bridgehead atoms. The fourth-order valence-electron chi connectivity index (χ4n) is 1.62. The molecule has 0 saturated heterocycles. The lowest BCUT2D eigenvalue weighted by molar-refractivity contribution is 0.0467. The van der Waals surface area contributed by atoms with Crippen LogP contribution in [0.4, 0.5) is 5.69 Å². The third-order valence-corrected chi connectivity index (χ3v) is 3.11. The van der Waals surface area contributed by atoms with Crippen LogP contribution in [0.1, 0.15) is 35.9 Å². The van der Waals surface area contributed by atoms with E-state index in [0.717, 1.165) is 0 Å². The van der Waals surface area contributed by atoms with Crippen LogP contribution in [0.15, 0.2) is 30.5 Å². The largest absolute Gasteiger partial charge is 0.456 e. The van der Waals surface area contributed by atoms with Crippen molar-refractivity contribution in [1.82, 2.24) is 9.78 Å². The van der Waals surface area contributed by atoms with Crippen molar-refractivity contribution in [3.05, 3.63) is 46.7 Å². The van der Waals surface area contributed by atoms with Gasteiger partial charge in [-0.2, -0.15) is 5.10 Å². The molecule has 0 fully saturated rings. The number of aromatic nitrogens is 2. The Morgan fingerprint density at radius 3 is 2.80 bits per heavy atom. The summed E-state index contributed by atoms with van der Waals surface area (Å²) in [6, 6.07) is 6.74. The van der Waals surface area contributed by atoms with Crippen LogP contribution < -0.4 is 5.73 Å². The first-order valence-electron chi connectivity index (χ1n) is 6.23. The molecule has 2 rings (SSSR count). The highest BCUT2D eigenvalue weighted by Crippen LogP contribution is 2.20. The van der Waals surface area contributed by atoms with E-state index < -0.39 is 5.97 Å². The molecule has 0 aliphatic rings. The number of hydrogen-bond donors (Lipinski definition) is 1. The van der Waals surface area contributed by atoms with E-state index in [1.165, 1.54) is 6.07 Å². The topological polar surface area (TPSA) is 70.1 Å². The molecule has 0 atom stereocenters. The highest BCUT2D eigenvalue weighted by atomic mass is 35.5. The number of ether oxygens (including phenoxy) is 1. The lowest BCUT2D eigenvalue weighted by atomic mass is 10.2. The number of rotatable bonds is 4. The summed E-state index contributed by atoms with van der Waals surface area (Å²) in [5.74, 6) is -0.453. The Bertz CT molecular complexity index is 623. The molecule has 5 nitrogen and oxygen atoms in total. The summed E-state index contributed by atoms with van der Waals surface area (Å²) in [7, 11) is 0. The predicted molar refractivity (Wildman–Crippen MR) is 77.6 cm³/mol. The molecule has 0 aliphatic carbocycles. The van der Waals surface area contributed by atoms with E-state index in [1.807, 2.05) is 30.8 Å². The number of hydrogen-bond acceptors (Lipinski definition) is 4. The first kappa shape index (κ1) is 14.4. The molecule has 0 radical (unpaired) electrons. The third-order valence-electron chi connectivity index (χ3n) is 2.78. The van der Waals surface area contributed by atoms with E-state index in [2.05, 4.69) is 5.10 Å². The minimum Gasteiger partial charge on any atom is -0.456 e. The number of nitrogens with two attached hydrogens (primary N) is 1. The Morgan fingerprint density at radius 2 is 2.20 bits per heavy atom. The van der Waals surface area contributed by atoms with Gasteiger partial charge in [-0.1, -0.05) is 11.6 Å². The number of carbonyl (C=O) groups excluding carboxylic acids is 1. The Labute approximate surface area is 122 Å². The molecule has 6 heteroatoms. The van der Waals surface area contributed by atoms with E-state index in [-0.39, 0.29) is 12.6 Å². The van der Waals surface area contributed by atoms with Crippen molar-refractivity contribution < 1.29 is 9.53 Å². The second-order valence-corrected chi connectivity index (χ2v) is 5.10. The number of anilines is 1. The molecule has 0 unspecified atom stereocenters. The van der Waals surface area contributed by atoms with Gasteiger partial charge in [0.25, 0.3) is 0 Å². The summed E-state index contributed by atoms with van der Waals surface area (Å²) in [4.78, 5) is 11.9. The van der Waals surface area contributed by atoms with Crippen LogP contribution >= 0.6 is 11.6 Å². The molecular formula is C14H16ClN3O2. The van der Waals surface area contributed by atoms with Crippen LogP contribution in [-0.2, 0) is 11.3 Å². The lowest BCUT2D eigenvalue weighted by Gasteiger charge is -2.05. The fourth-order valence-corrected chi connectivity index (χ4v) is 1.80. The van der Waals surface area contributed by atoms with Crippen LogP contribution in [0.3, 0.4) is 0 Å². The summed E-state index contributed by atoms with van der Waals surface area (Å²) in [6.07, 6.45) is 1.86. The van der Waals surface area contributed by atoms with Crippen LogP contribution in [-0.4, -0.2) is 15.7 Å². The maximum Gasteiger partial charge on any atom is 0.338 e. The van der Waals surface area contributed by atoms with Crippen molar-refractivity contribution in [2.75, 3.05) is 5.73 Å². The quantitative estimate of drug-likeness (QED) is 0.695. The number of benzene rings is 1. The average Bonchev–Trinajstić information content (AvgIpc) is 2.88. The van der Waals surface area contributed by atoms with Crippen molar-refractivity contribution >= 4 is 23.3 Å². The van der Waals surface area contributed by atoms with Gasteiger partial charge in [-0.3, -0.25) is 4.68 Å². The summed E-state index contributed by atoms with van der Waals surface area (Å²) in [5, 5.41) is 4.64. The maximum atomic E-state index is 11.9. The predicted octanol–water partition coefficient (Wildman–Crippen LogP) is 3.06. The van der Waals surface area contributed by atoms with Crippen molar-refractivity contribution in [3.8, 4) is 0 Å². The average molecular weight is 294 g/mol. The van der Waals surface area contributed by atoms with Crippen molar-refractivity contribution in [2.45, 2.75) is 26.5 Å². The highest BCUT2D eigenvalue weighted by Gasteiger charge is 2.10. The van der Waals surface area contributed by atoms with E-state index in [4.69, 9.17) is 22.1 Å². The van der Waals surface area contributed by atoms with Gasteiger partial charge in [0.05, 0.1) is 22.0 Å². The summed E-state index contributed by atoms with van der Waals surface area (Å²) in [6.45, 7) is 4.18. The molecule has 2 N–H and O–H groups in total. The van der Waals surface area contributed by atoms with Crippen LogP contribution in [0.2, 0.25) is 5.02 Å². The smallest absolute Gasteiger partial charge is 0.338 e. The van der Waals surface area contributed by atoms with Gasteiger partial charge >= 0.3 is 5.97 Å². The SMILES string of the molecule is CC(C)n1ccc(COC(=O)c2ccc(N)c(Cl)c2)n1. The van der Waals surface area contributed by atoms with Crippen molar-refractivity contribution in [3.63, 3.8) is 0 Å². The van der Waals surface area contributed by atoms with Gasteiger partial charge < -0.3 is 10.5 Å². The summed E-state index contributed by atoms with van der Waals surface area (Å²) in [5.41, 5.74) is 7.09. The van der Waals surface area contributed by atoms with Crippen LogP contribution in [0, 0.1) is 0 Å². The lowest BCUT2D eigenvalue weighted by Crippen LogP contribution is -2.07. The molecule has 20 heavy (non-hydrogen) atoms. The summed E-state index contributed by atoms with van der Waals surface area (Å²) >= 11 is 5.86. The van der Waals surface area contributed by atoms with E-state index in [9.17, 15) is 4.79 Å². The number of nitrogen functional groups attached to an aromatic ring is 1. The minimum atomic E-state index is -0.453. The monoisotopic (exact) mass is 293 g/mol. The molecule has 1 aromatic heterocycles. The normalized spacial score (nSPS) is 10.8. The number of halogens is 1. The van der Waals surface area contributed by atoms with E-state index in [1.54, 1.807) is 12.1 Å². The number of nitrogens with zero attached hydrogens (tertiary/aromatic N) is 2. The molecule has 0 aliphatic heterocycles. The van der Waals surface area contributed by atoms with Gasteiger partial charge in [0.2, 0.25) is 0 Å². The maximum absolute atomic E-state index is 11.9. The molecule has 1 heterocycles. The second-order valence-electron chi connectivity index (χ2n) is 4.69. The minimum absolute atomic E-state index is 0.126. The van der Waals surface area contributed by atoms with Gasteiger partial charge in [-0.25, -0.2) is 4.79 Å². The number of carbonyl (C=O) groups is 1. The first-order valence-corrected chi connectivity index (χ1v) is 6.61. The van der Waals surface area contributed by atoms with Gasteiger partial charge in [-0.05, 0) is 38.1 Å². The molecule has 2 aromatic rings. The molecule has 0 saturated carbocycles. The highest BCUT2D eigenvalue weighted by molar-refractivity contribution is 6.33. The van der Waals surface area contributed by atoms with Gasteiger partial charge in [0.1, 0.15) is 6.61 Å². The fraction of sp³-hybridized carbons (Fsp3) is 0.286. The third kappa shape index (κ3) is 3.30. The van der Waals surface area contributed by atoms with Crippen LogP contribution in [0.5, 0.6) is 0 Å². The Kier molecular flexibility index (Phi) is 4.29. The first-order chi connectivity index (χ1) is 9.47. The molecule has 0 spiro atoms. The molecule has 106 valence electrons. The second kappa shape index (κ2) is 5.96. The van der Waals surface area contributed by atoms with E-state index in [0.29, 0.717) is 22.0 Å². The summed E-state index contributed by atoms with van der Waals surface area (Å²) < 4.78 is 7.00. The van der Waals surface area contributed by atoms with Gasteiger partial charge in [0.15, 0.2) is 0 Å². The molecule has 0 amide bonds. The molecular weight excluding hydrogens is 278 g/mol. The zero-order valence-electron chi connectivity index (χ0n) is 11.3. The van der Waals surface area contributed by atoms with Gasteiger partial charge in [0, 0.05) is 12.2 Å². The molecule has 1 aromatic carbocycles. The number of esters is 1.